The van der Waals surface area contributed by atoms with E-state index >= 15 is 0 Å². The van der Waals surface area contributed by atoms with Crippen molar-refractivity contribution < 1.29 is 9.47 Å². The van der Waals surface area contributed by atoms with Crippen LogP contribution in [0.25, 0.3) is 10.1 Å². The molecule has 3 aromatic rings. The molecule has 3 nitrogen and oxygen atoms in total. The topological polar surface area (TPSA) is 44.5 Å². The van der Waals surface area contributed by atoms with E-state index in [1.54, 1.807) is 18.4 Å². The smallest absolute Gasteiger partial charge is 0.120 e. The summed E-state index contributed by atoms with van der Waals surface area (Å²) in [6, 6.07) is 13.6. The van der Waals surface area contributed by atoms with Crippen molar-refractivity contribution in [3.63, 3.8) is 0 Å². The summed E-state index contributed by atoms with van der Waals surface area (Å²) < 4.78 is 12.2. The van der Waals surface area contributed by atoms with E-state index in [-0.39, 0.29) is 0 Å². The molecule has 4 heteroatoms. The second kappa shape index (κ2) is 5.43. The number of fused-ring (bicyclic) bond motifs is 1. The zero-order valence-electron chi connectivity index (χ0n) is 11.1. The van der Waals surface area contributed by atoms with Gasteiger partial charge in [-0.3, -0.25) is 0 Å². The molecule has 0 bridgehead atoms. The van der Waals surface area contributed by atoms with Crippen LogP contribution in [0.2, 0.25) is 0 Å². The van der Waals surface area contributed by atoms with Crippen LogP contribution >= 0.6 is 11.3 Å². The molecule has 0 saturated heterocycles. The van der Waals surface area contributed by atoms with Gasteiger partial charge in [0.1, 0.15) is 18.1 Å². The van der Waals surface area contributed by atoms with Gasteiger partial charge < -0.3 is 15.2 Å². The number of hydrogen-bond acceptors (Lipinski definition) is 4. The van der Waals surface area contributed by atoms with E-state index in [2.05, 4.69) is 5.38 Å². The maximum Gasteiger partial charge on any atom is 0.120 e. The summed E-state index contributed by atoms with van der Waals surface area (Å²) in [6.07, 6.45) is 0. The Hall–Kier alpha value is -2.20. The molecule has 0 aliphatic heterocycles. The molecule has 0 saturated carbocycles. The number of nitrogen functional groups attached to an aromatic ring is 1. The van der Waals surface area contributed by atoms with Gasteiger partial charge >= 0.3 is 0 Å². The van der Waals surface area contributed by atoms with Gasteiger partial charge in [-0.2, -0.15) is 0 Å². The Kier molecular flexibility index (Phi) is 3.48. The maximum atomic E-state index is 5.84. The van der Waals surface area contributed by atoms with Crippen molar-refractivity contribution in [2.75, 3.05) is 12.8 Å². The Morgan fingerprint density at radius 1 is 1.05 bits per heavy atom. The highest BCUT2D eigenvalue weighted by molar-refractivity contribution is 7.17. The molecule has 2 N–H and O–H groups in total. The molecule has 0 amide bonds. The lowest BCUT2D eigenvalue weighted by Gasteiger charge is -2.06. The number of thiophene rings is 1. The lowest BCUT2D eigenvalue weighted by molar-refractivity contribution is 0.307. The summed E-state index contributed by atoms with van der Waals surface area (Å²) in [7, 11) is 1.65. The molecule has 0 aliphatic carbocycles. The molecule has 0 fully saturated rings. The summed E-state index contributed by atoms with van der Waals surface area (Å²) in [5.41, 5.74) is 7.78. The van der Waals surface area contributed by atoms with Crippen LogP contribution in [0.3, 0.4) is 0 Å². The van der Waals surface area contributed by atoms with Crippen molar-refractivity contribution in [1.82, 2.24) is 0 Å². The van der Waals surface area contributed by atoms with Crippen LogP contribution in [-0.4, -0.2) is 7.11 Å². The van der Waals surface area contributed by atoms with Gasteiger partial charge in [0.25, 0.3) is 0 Å². The van der Waals surface area contributed by atoms with Crippen LogP contribution < -0.4 is 15.2 Å². The normalized spacial score (nSPS) is 10.7. The predicted molar refractivity (Wildman–Crippen MR) is 83.6 cm³/mol. The Balaban J connectivity index is 1.77. The molecular formula is C16H15NO2S. The molecule has 0 aliphatic rings. The van der Waals surface area contributed by atoms with E-state index < -0.39 is 0 Å². The summed E-state index contributed by atoms with van der Waals surface area (Å²) in [5.74, 6) is 1.65. The van der Waals surface area contributed by atoms with Crippen molar-refractivity contribution in [3.8, 4) is 11.5 Å². The second-order valence-electron chi connectivity index (χ2n) is 4.48. The minimum absolute atomic E-state index is 0.537. The first-order chi connectivity index (χ1) is 9.76. The van der Waals surface area contributed by atoms with E-state index in [0.29, 0.717) is 6.61 Å². The van der Waals surface area contributed by atoms with Crippen LogP contribution in [0, 0.1) is 0 Å². The fourth-order valence-electron chi connectivity index (χ4n) is 2.04. The van der Waals surface area contributed by atoms with Gasteiger partial charge in [0.2, 0.25) is 0 Å². The lowest BCUT2D eigenvalue weighted by atomic mass is 10.2. The van der Waals surface area contributed by atoms with Crippen molar-refractivity contribution in [2.45, 2.75) is 6.61 Å². The Bertz CT molecular complexity index is 719. The molecule has 0 spiro atoms. The molecule has 3 rings (SSSR count). The van der Waals surface area contributed by atoms with E-state index in [1.165, 1.54) is 10.1 Å². The molecule has 0 unspecified atom stereocenters. The third kappa shape index (κ3) is 2.56. The van der Waals surface area contributed by atoms with Crippen molar-refractivity contribution in [1.29, 1.82) is 0 Å². The third-order valence-corrected chi connectivity index (χ3v) is 4.14. The van der Waals surface area contributed by atoms with Crippen molar-refractivity contribution in [3.05, 3.63) is 53.4 Å². The van der Waals surface area contributed by atoms with E-state index in [9.17, 15) is 0 Å². The minimum Gasteiger partial charge on any atom is -0.497 e. The molecule has 0 radical (unpaired) electrons. The quantitative estimate of drug-likeness (QED) is 0.735. The number of nitrogens with two attached hydrogens (primary N) is 1. The van der Waals surface area contributed by atoms with Gasteiger partial charge in [0.05, 0.1) is 7.11 Å². The van der Waals surface area contributed by atoms with Gasteiger partial charge in [0.15, 0.2) is 0 Å². The van der Waals surface area contributed by atoms with Crippen LogP contribution in [0.15, 0.2) is 47.8 Å². The molecule has 0 atom stereocenters. The first-order valence-corrected chi connectivity index (χ1v) is 7.16. The Morgan fingerprint density at radius 2 is 1.80 bits per heavy atom. The van der Waals surface area contributed by atoms with Crippen LogP contribution in [0.4, 0.5) is 5.69 Å². The fourth-order valence-corrected chi connectivity index (χ4v) is 2.97. The van der Waals surface area contributed by atoms with Gasteiger partial charge in [-0.25, -0.2) is 0 Å². The van der Waals surface area contributed by atoms with Gasteiger partial charge in [-0.1, -0.05) is 0 Å². The van der Waals surface area contributed by atoms with Crippen molar-refractivity contribution >= 4 is 27.1 Å². The molecule has 2 aromatic carbocycles. The zero-order valence-corrected chi connectivity index (χ0v) is 11.9. The van der Waals surface area contributed by atoms with E-state index in [0.717, 1.165) is 22.7 Å². The van der Waals surface area contributed by atoms with Gasteiger partial charge in [0, 0.05) is 21.3 Å². The lowest BCUT2D eigenvalue weighted by Crippen LogP contribution is -1.94. The first kappa shape index (κ1) is 12.8. The number of benzene rings is 2. The summed E-state index contributed by atoms with van der Waals surface area (Å²) in [6.45, 7) is 0.537. The summed E-state index contributed by atoms with van der Waals surface area (Å²) in [5, 5.41) is 3.29. The molecule has 1 heterocycles. The highest BCUT2D eigenvalue weighted by Gasteiger charge is 2.05. The minimum atomic E-state index is 0.537. The number of hydrogen-bond donors (Lipinski definition) is 1. The fraction of sp³-hybridized carbons (Fsp3) is 0.125. The van der Waals surface area contributed by atoms with E-state index in [1.807, 2.05) is 42.5 Å². The molecular weight excluding hydrogens is 270 g/mol. The average molecular weight is 285 g/mol. The third-order valence-electron chi connectivity index (χ3n) is 3.13. The van der Waals surface area contributed by atoms with Crippen LogP contribution in [0.5, 0.6) is 11.5 Å². The van der Waals surface area contributed by atoms with Gasteiger partial charge in [-0.05, 0) is 47.8 Å². The first-order valence-electron chi connectivity index (χ1n) is 6.29. The van der Waals surface area contributed by atoms with Crippen LogP contribution in [-0.2, 0) is 6.61 Å². The van der Waals surface area contributed by atoms with Crippen LogP contribution in [0.1, 0.15) is 5.56 Å². The summed E-state index contributed by atoms with van der Waals surface area (Å²) in [4.78, 5) is 0. The predicted octanol–water partition coefficient (Wildman–Crippen LogP) is 4.07. The maximum absolute atomic E-state index is 5.84. The largest absolute Gasteiger partial charge is 0.497 e. The average Bonchev–Trinajstić information content (AvgIpc) is 2.88. The number of rotatable bonds is 4. The monoisotopic (exact) mass is 285 g/mol. The number of methoxy groups -OCH3 is 1. The number of anilines is 1. The molecule has 20 heavy (non-hydrogen) atoms. The van der Waals surface area contributed by atoms with Crippen molar-refractivity contribution in [2.24, 2.45) is 0 Å². The van der Waals surface area contributed by atoms with E-state index in [4.69, 9.17) is 15.2 Å². The second-order valence-corrected chi connectivity index (χ2v) is 5.39. The highest BCUT2D eigenvalue weighted by Crippen LogP contribution is 2.29. The standard InChI is InChI=1S/C16H15NO2S/c1-18-13-3-5-14(6-4-13)19-9-11-10-20-16-7-2-12(17)8-15(11)16/h2-8,10H,9,17H2,1H3. The van der Waals surface area contributed by atoms with Gasteiger partial charge in [-0.15, -0.1) is 11.3 Å². The SMILES string of the molecule is COc1ccc(OCc2csc3ccc(N)cc23)cc1. The number of ether oxygens (including phenoxy) is 2. The summed E-state index contributed by atoms with van der Waals surface area (Å²) >= 11 is 1.71. The Labute approximate surface area is 121 Å². The zero-order chi connectivity index (χ0) is 13.9. The molecule has 1 aromatic heterocycles. The highest BCUT2D eigenvalue weighted by atomic mass is 32.1. The Morgan fingerprint density at radius 3 is 2.55 bits per heavy atom. The molecule has 102 valence electrons.